The van der Waals surface area contributed by atoms with E-state index >= 15 is 0 Å². The zero-order chi connectivity index (χ0) is 14.8. The fourth-order valence-corrected chi connectivity index (χ4v) is 2.80. The van der Waals surface area contributed by atoms with Crippen molar-refractivity contribution in [3.8, 4) is 0 Å². The number of carbonyl (C=O) groups excluding carboxylic acids is 2. The van der Waals surface area contributed by atoms with Gasteiger partial charge in [-0.05, 0) is 36.5 Å². The van der Waals surface area contributed by atoms with Gasteiger partial charge in [-0.25, -0.2) is 0 Å². The van der Waals surface area contributed by atoms with Gasteiger partial charge in [0.05, 0.1) is 17.5 Å². The molecule has 0 radical (unpaired) electrons. The molecule has 2 aliphatic heterocycles. The summed E-state index contributed by atoms with van der Waals surface area (Å²) in [5, 5.41) is 15.8. The van der Waals surface area contributed by atoms with Gasteiger partial charge in [0, 0.05) is 13.2 Å². The zero-order valence-electron chi connectivity index (χ0n) is 11.6. The Balaban J connectivity index is 1.84. The van der Waals surface area contributed by atoms with Gasteiger partial charge in [-0.15, -0.1) is 0 Å². The number of anilines is 2. The van der Waals surface area contributed by atoms with Crippen molar-refractivity contribution in [1.82, 2.24) is 0 Å². The van der Waals surface area contributed by atoms with Crippen LogP contribution in [0.1, 0.15) is 30.9 Å². The fraction of sp³-hybridized carbons (Fsp3) is 0.467. The summed E-state index contributed by atoms with van der Waals surface area (Å²) >= 11 is 0. The first-order valence-electron chi connectivity index (χ1n) is 7.13. The number of hydrogen-bond acceptors (Lipinski definition) is 4. The number of aliphatic hydroxyl groups excluding tert-OH is 1. The number of nitrogens with one attached hydrogen (secondary N) is 2. The lowest BCUT2D eigenvalue weighted by Gasteiger charge is -2.27. The van der Waals surface area contributed by atoms with E-state index in [0.717, 1.165) is 18.4 Å². The van der Waals surface area contributed by atoms with E-state index in [2.05, 4.69) is 10.6 Å². The van der Waals surface area contributed by atoms with Crippen LogP contribution in [0.4, 0.5) is 11.4 Å². The molecule has 0 bridgehead atoms. The highest BCUT2D eigenvalue weighted by molar-refractivity contribution is 6.13. The van der Waals surface area contributed by atoms with Crippen molar-refractivity contribution in [2.75, 3.05) is 23.8 Å². The lowest BCUT2D eigenvalue weighted by molar-refractivity contribution is -0.123. The summed E-state index contributed by atoms with van der Waals surface area (Å²) in [7, 11) is 0. The monoisotopic (exact) mass is 290 g/mol. The molecule has 0 saturated carbocycles. The van der Waals surface area contributed by atoms with Crippen LogP contribution in [0.5, 0.6) is 0 Å². The van der Waals surface area contributed by atoms with E-state index in [0.29, 0.717) is 24.6 Å². The number of benzene rings is 1. The van der Waals surface area contributed by atoms with Gasteiger partial charge in [0.15, 0.2) is 0 Å². The summed E-state index contributed by atoms with van der Waals surface area (Å²) in [6.45, 7) is 1.33. The third-order valence-corrected chi connectivity index (χ3v) is 3.97. The van der Waals surface area contributed by atoms with Crippen LogP contribution >= 0.6 is 0 Å². The number of carbonyl (C=O) groups is 2. The van der Waals surface area contributed by atoms with Crippen molar-refractivity contribution >= 4 is 23.2 Å². The molecule has 3 rings (SSSR count). The smallest absolute Gasteiger partial charge is 0.233 e. The van der Waals surface area contributed by atoms with Gasteiger partial charge < -0.3 is 20.5 Å². The van der Waals surface area contributed by atoms with Crippen LogP contribution in [-0.4, -0.2) is 30.1 Å². The van der Waals surface area contributed by atoms with Crippen LogP contribution in [0, 0.1) is 5.92 Å². The minimum Gasteiger partial charge on any atom is -0.388 e. The number of aliphatic hydroxyl groups is 1. The van der Waals surface area contributed by atoms with Crippen LogP contribution in [-0.2, 0) is 14.3 Å². The number of ether oxygens (including phenoxy) is 1. The molecule has 3 N–H and O–H groups in total. The van der Waals surface area contributed by atoms with Crippen molar-refractivity contribution in [3.05, 3.63) is 23.8 Å². The first kappa shape index (κ1) is 14.0. The minimum absolute atomic E-state index is 0.160. The Labute approximate surface area is 122 Å². The third kappa shape index (κ3) is 3.06. The minimum atomic E-state index is -0.588. The molecule has 6 nitrogen and oxygen atoms in total. The summed E-state index contributed by atoms with van der Waals surface area (Å²) in [5.74, 6) is -0.513. The van der Waals surface area contributed by atoms with Gasteiger partial charge in [0.2, 0.25) is 11.8 Å². The van der Waals surface area contributed by atoms with Gasteiger partial charge in [0.25, 0.3) is 0 Å². The lowest BCUT2D eigenvalue weighted by Crippen LogP contribution is -2.22. The molecule has 2 amide bonds. The number of fused-ring (bicyclic) bond motifs is 1. The molecule has 1 aromatic rings. The maximum Gasteiger partial charge on any atom is 0.233 e. The lowest BCUT2D eigenvalue weighted by atomic mass is 9.89. The molecular formula is C15H18N2O4. The summed E-state index contributed by atoms with van der Waals surface area (Å²) in [6, 6.07) is 5.24. The summed E-state index contributed by atoms with van der Waals surface area (Å²) in [5.41, 5.74) is 1.85. The molecule has 1 unspecified atom stereocenters. The van der Waals surface area contributed by atoms with Crippen LogP contribution in [0.2, 0.25) is 0 Å². The van der Waals surface area contributed by atoms with Gasteiger partial charge >= 0.3 is 0 Å². The summed E-state index contributed by atoms with van der Waals surface area (Å²) in [4.78, 5) is 23.1. The zero-order valence-corrected chi connectivity index (χ0v) is 11.6. The summed E-state index contributed by atoms with van der Waals surface area (Å²) < 4.78 is 5.30. The van der Waals surface area contributed by atoms with E-state index in [9.17, 15) is 14.7 Å². The Morgan fingerprint density at radius 2 is 1.76 bits per heavy atom. The van der Waals surface area contributed by atoms with Crippen LogP contribution in [0.25, 0.3) is 0 Å². The van der Waals surface area contributed by atoms with E-state index < -0.39 is 6.10 Å². The third-order valence-electron chi connectivity index (χ3n) is 3.97. The van der Waals surface area contributed by atoms with Gasteiger partial charge in [-0.3, -0.25) is 9.59 Å². The van der Waals surface area contributed by atoms with E-state index in [4.69, 9.17) is 4.74 Å². The molecule has 0 aliphatic carbocycles. The van der Waals surface area contributed by atoms with Crippen molar-refractivity contribution in [2.45, 2.75) is 25.4 Å². The Morgan fingerprint density at radius 1 is 1.10 bits per heavy atom. The Bertz CT molecular complexity index is 567. The number of rotatable bonds is 2. The molecule has 0 aromatic heterocycles. The average molecular weight is 290 g/mol. The largest absolute Gasteiger partial charge is 0.388 e. The first-order chi connectivity index (χ1) is 10.1. The highest BCUT2D eigenvalue weighted by atomic mass is 16.5. The maximum atomic E-state index is 11.6. The topological polar surface area (TPSA) is 87.7 Å². The Hall–Kier alpha value is -1.92. The quantitative estimate of drug-likeness (QED) is 0.719. The fourth-order valence-electron chi connectivity index (χ4n) is 2.80. The van der Waals surface area contributed by atoms with E-state index in [1.54, 1.807) is 18.2 Å². The Kier molecular flexibility index (Phi) is 3.90. The molecule has 1 atom stereocenters. The molecule has 2 heterocycles. The highest BCUT2D eigenvalue weighted by Gasteiger charge is 2.25. The van der Waals surface area contributed by atoms with Gasteiger partial charge in [-0.2, -0.15) is 0 Å². The maximum absolute atomic E-state index is 11.6. The average Bonchev–Trinajstić information content (AvgIpc) is 2.63. The second-order valence-corrected chi connectivity index (χ2v) is 5.47. The van der Waals surface area contributed by atoms with Crippen LogP contribution in [0.15, 0.2) is 18.2 Å². The van der Waals surface area contributed by atoms with E-state index in [1.807, 2.05) is 0 Å². The predicted octanol–water partition coefficient (Wildman–Crippen LogP) is 1.43. The molecule has 1 fully saturated rings. The highest BCUT2D eigenvalue weighted by Crippen LogP contribution is 2.34. The SMILES string of the molecule is O=C1CC(=O)Nc2cc(C(O)C3CCOCC3)ccc2N1. The molecule has 112 valence electrons. The van der Waals surface area contributed by atoms with Gasteiger partial charge in [0.1, 0.15) is 6.42 Å². The molecule has 21 heavy (non-hydrogen) atoms. The van der Waals surface area contributed by atoms with Crippen molar-refractivity contribution in [3.63, 3.8) is 0 Å². The van der Waals surface area contributed by atoms with Crippen molar-refractivity contribution in [1.29, 1.82) is 0 Å². The molecule has 6 heteroatoms. The second-order valence-electron chi connectivity index (χ2n) is 5.47. The number of amides is 2. The molecular weight excluding hydrogens is 272 g/mol. The van der Waals surface area contributed by atoms with Crippen LogP contribution in [0.3, 0.4) is 0 Å². The summed E-state index contributed by atoms with van der Waals surface area (Å²) in [6.07, 6.45) is 0.866. The predicted molar refractivity (Wildman–Crippen MR) is 76.8 cm³/mol. The second kappa shape index (κ2) is 5.83. The van der Waals surface area contributed by atoms with Crippen LogP contribution < -0.4 is 10.6 Å². The van der Waals surface area contributed by atoms with Crippen molar-refractivity contribution < 1.29 is 19.4 Å². The molecule has 0 spiro atoms. The van der Waals surface area contributed by atoms with Gasteiger partial charge in [-0.1, -0.05) is 6.07 Å². The van der Waals surface area contributed by atoms with E-state index in [1.165, 1.54) is 0 Å². The molecule has 1 saturated heterocycles. The standard InChI is InChI=1S/C15H18N2O4/c18-13-8-14(19)17-12-7-10(1-2-11(12)16-13)15(20)9-3-5-21-6-4-9/h1-2,7,9,15,20H,3-6,8H2,(H,16,18)(H,17,19). The van der Waals surface area contributed by atoms with E-state index in [-0.39, 0.29) is 24.2 Å². The normalized spacial score (nSPS) is 21.0. The first-order valence-corrected chi connectivity index (χ1v) is 7.13. The molecule has 1 aromatic carbocycles. The van der Waals surface area contributed by atoms with Crippen molar-refractivity contribution in [2.24, 2.45) is 5.92 Å². The Morgan fingerprint density at radius 3 is 2.48 bits per heavy atom. The number of hydrogen-bond donors (Lipinski definition) is 3. The molecule has 2 aliphatic rings.